The van der Waals surface area contributed by atoms with Gasteiger partial charge in [-0.2, -0.15) is 0 Å². The minimum Gasteiger partial charge on any atom is -0.335 e. The summed E-state index contributed by atoms with van der Waals surface area (Å²) in [6, 6.07) is 5.32. The Morgan fingerprint density at radius 1 is 1.24 bits per heavy atom. The highest BCUT2D eigenvalue weighted by Gasteiger charge is 2.16. The van der Waals surface area contributed by atoms with Crippen molar-refractivity contribution in [2.24, 2.45) is 0 Å². The average molecular weight is 285 g/mol. The molecule has 2 aromatic rings. The minimum atomic E-state index is -0.160. The van der Waals surface area contributed by atoms with Gasteiger partial charge in [0.2, 0.25) is 0 Å². The molecule has 1 N–H and O–H groups in total. The number of hydrogen-bond donors (Lipinski definition) is 1. The highest BCUT2D eigenvalue weighted by Crippen LogP contribution is 2.17. The summed E-state index contributed by atoms with van der Waals surface area (Å²) < 4.78 is 0. The molecule has 21 heavy (non-hydrogen) atoms. The summed E-state index contributed by atoms with van der Waals surface area (Å²) in [5.74, 6) is 1.16. The molecule has 2 amide bonds. The van der Waals surface area contributed by atoms with Gasteiger partial charge in [0.1, 0.15) is 5.82 Å². The predicted octanol–water partition coefficient (Wildman–Crippen LogP) is 2.48. The van der Waals surface area contributed by atoms with Crippen LogP contribution in [0.4, 0.5) is 10.6 Å². The van der Waals surface area contributed by atoms with Crippen LogP contribution in [0.25, 0.3) is 11.4 Å². The molecular formula is C15H19N5O. The molecule has 0 unspecified atom stereocenters. The van der Waals surface area contributed by atoms with Crippen molar-refractivity contribution in [2.45, 2.75) is 26.8 Å². The monoisotopic (exact) mass is 285 g/mol. The Kier molecular flexibility index (Phi) is 4.81. The average Bonchev–Trinajstić information content (AvgIpc) is 2.48. The van der Waals surface area contributed by atoms with Crippen LogP contribution >= 0.6 is 0 Å². The SMILES string of the molecule is CCN(C(=O)NC(C)C)c1ccnc(-c2ccncc2)n1. The lowest BCUT2D eigenvalue weighted by atomic mass is 10.2. The summed E-state index contributed by atoms with van der Waals surface area (Å²) in [6.07, 6.45) is 5.03. The maximum absolute atomic E-state index is 12.2. The van der Waals surface area contributed by atoms with Gasteiger partial charge in [-0.3, -0.25) is 9.88 Å². The Labute approximate surface area is 124 Å². The lowest BCUT2D eigenvalue weighted by molar-refractivity contribution is 0.244. The van der Waals surface area contributed by atoms with E-state index < -0.39 is 0 Å². The van der Waals surface area contributed by atoms with Gasteiger partial charge >= 0.3 is 6.03 Å². The van der Waals surface area contributed by atoms with Gasteiger partial charge in [0.25, 0.3) is 0 Å². The molecule has 0 spiro atoms. The molecule has 2 heterocycles. The van der Waals surface area contributed by atoms with Gasteiger partial charge in [-0.05, 0) is 39.0 Å². The second-order valence-electron chi connectivity index (χ2n) is 4.82. The van der Waals surface area contributed by atoms with Crippen molar-refractivity contribution in [3.8, 4) is 11.4 Å². The molecule has 110 valence electrons. The second-order valence-corrected chi connectivity index (χ2v) is 4.82. The fourth-order valence-electron chi connectivity index (χ4n) is 1.87. The largest absolute Gasteiger partial charge is 0.335 e. The molecule has 2 rings (SSSR count). The first-order valence-electron chi connectivity index (χ1n) is 6.93. The molecule has 0 atom stereocenters. The zero-order valence-corrected chi connectivity index (χ0v) is 12.4. The summed E-state index contributed by atoms with van der Waals surface area (Å²) in [5.41, 5.74) is 0.868. The van der Waals surface area contributed by atoms with E-state index in [0.29, 0.717) is 18.2 Å². The lowest BCUT2D eigenvalue weighted by Gasteiger charge is -2.22. The van der Waals surface area contributed by atoms with Crippen molar-refractivity contribution in [2.75, 3.05) is 11.4 Å². The maximum atomic E-state index is 12.2. The van der Waals surface area contributed by atoms with Crippen molar-refractivity contribution < 1.29 is 4.79 Å². The Hall–Kier alpha value is -2.50. The quantitative estimate of drug-likeness (QED) is 0.936. The van der Waals surface area contributed by atoms with Gasteiger partial charge in [-0.1, -0.05) is 0 Å². The van der Waals surface area contributed by atoms with Crippen LogP contribution in [0.15, 0.2) is 36.8 Å². The number of carbonyl (C=O) groups excluding carboxylic acids is 1. The Morgan fingerprint density at radius 3 is 2.57 bits per heavy atom. The van der Waals surface area contributed by atoms with Gasteiger partial charge < -0.3 is 5.32 Å². The molecule has 0 saturated carbocycles. The lowest BCUT2D eigenvalue weighted by Crippen LogP contribution is -2.43. The fourth-order valence-corrected chi connectivity index (χ4v) is 1.87. The summed E-state index contributed by atoms with van der Waals surface area (Å²) in [4.78, 5) is 26.5. The Balaban J connectivity index is 2.29. The molecule has 0 aliphatic rings. The number of urea groups is 1. The third-order valence-corrected chi connectivity index (χ3v) is 2.83. The minimum absolute atomic E-state index is 0.0769. The van der Waals surface area contributed by atoms with Crippen LogP contribution in [0, 0.1) is 0 Å². The molecule has 0 aromatic carbocycles. The second kappa shape index (κ2) is 6.78. The van der Waals surface area contributed by atoms with E-state index in [1.807, 2.05) is 32.9 Å². The van der Waals surface area contributed by atoms with E-state index in [9.17, 15) is 4.79 Å². The molecule has 0 bridgehead atoms. The number of anilines is 1. The maximum Gasteiger partial charge on any atom is 0.323 e. The van der Waals surface area contributed by atoms with Gasteiger partial charge in [-0.25, -0.2) is 14.8 Å². The number of rotatable bonds is 4. The number of hydrogen-bond acceptors (Lipinski definition) is 4. The molecule has 0 radical (unpaired) electrons. The smallest absolute Gasteiger partial charge is 0.323 e. The number of carbonyl (C=O) groups is 1. The van der Waals surface area contributed by atoms with Crippen LogP contribution in [0.1, 0.15) is 20.8 Å². The molecule has 0 aliphatic carbocycles. The molecular weight excluding hydrogens is 266 g/mol. The van der Waals surface area contributed by atoms with Crippen LogP contribution in [0.3, 0.4) is 0 Å². The van der Waals surface area contributed by atoms with E-state index in [0.717, 1.165) is 5.56 Å². The zero-order chi connectivity index (χ0) is 15.2. The van der Waals surface area contributed by atoms with E-state index in [1.54, 1.807) is 29.6 Å². The first kappa shape index (κ1) is 14.9. The molecule has 2 aromatic heterocycles. The standard InChI is InChI=1S/C15H19N5O/c1-4-20(15(21)18-11(2)3)13-7-10-17-14(19-13)12-5-8-16-9-6-12/h5-11H,4H2,1-3H3,(H,18,21). The number of amides is 2. The van der Waals surface area contributed by atoms with Crippen molar-refractivity contribution in [1.29, 1.82) is 0 Å². The van der Waals surface area contributed by atoms with Gasteiger partial charge in [0.05, 0.1) is 0 Å². The third kappa shape index (κ3) is 3.75. The number of aromatic nitrogens is 3. The van der Waals surface area contributed by atoms with E-state index in [1.165, 1.54) is 0 Å². The van der Waals surface area contributed by atoms with E-state index in [4.69, 9.17) is 0 Å². The Morgan fingerprint density at radius 2 is 1.95 bits per heavy atom. The molecule has 0 fully saturated rings. The van der Waals surface area contributed by atoms with Crippen molar-refractivity contribution in [3.63, 3.8) is 0 Å². The molecule has 6 heteroatoms. The summed E-state index contributed by atoms with van der Waals surface area (Å²) in [7, 11) is 0. The van der Waals surface area contributed by atoms with Gasteiger partial charge in [-0.15, -0.1) is 0 Å². The highest BCUT2D eigenvalue weighted by molar-refractivity contribution is 5.91. The first-order chi connectivity index (χ1) is 10.1. The van der Waals surface area contributed by atoms with E-state index in [2.05, 4.69) is 20.3 Å². The summed E-state index contributed by atoms with van der Waals surface area (Å²) in [6.45, 7) is 6.29. The predicted molar refractivity (Wildman–Crippen MR) is 82.0 cm³/mol. The van der Waals surface area contributed by atoms with Crippen molar-refractivity contribution in [3.05, 3.63) is 36.8 Å². The zero-order valence-electron chi connectivity index (χ0n) is 12.4. The molecule has 6 nitrogen and oxygen atoms in total. The van der Waals surface area contributed by atoms with Crippen molar-refractivity contribution >= 4 is 11.8 Å². The van der Waals surface area contributed by atoms with Crippen LogP contribution in [-0.2, 0) is 0 Å². The summed E-state index contributed by atoms with van der Waals surface area (Å²) in [5, 5.41) is 2.87. The number of nitrogens with one attached hydrogen (secondary N) is 1. The molecule has 0 aliphatic heterocycles. The summed E-state index contributed by atoms with van der Waals surface area (Å²) >= 11 is 0. The van der Waals surface area contributed by atoms with Gasteiger partial charge in [0, 0.05) is 36.7 Å². The molecule has 0 saturated heterocycles. The van der Waals surface area contributed by atoms with E-state index in [-0.39, 0.29) is 12.1 Å². The van der Waals surface area contributed by atoms with Crippen LogP contribution in [0.2, 0.25) is 0 Å². The van der Waals surface area contributed by atoms with Crippen LogP contribution in [0.5, 0.6) is 0 Å². The van der Waals surface area contributed by atoms with Crippen LogP contribution < -0.4 is 10.2 Å². The topological polar surface area (TPSA) is 71.0 Å². The first-order valence-corrected chi connectivity index (χ1v) is 6.93. The third-order valence-electron chi connectivity index (χ3n) is 2.83. The van der Waals surface area contributed by atoms with E-state index >= 15 is 0 Å². The van der Waals surface area contributed by atoms with Crippen LogP contribution in [-0.4, -0.2) is 33.6 Å². The number of pyridine rings is 1. The Bertz CT molecular complexity index is 600. The number of nitrogens with zero attached hydrogens (tertiary/aromatic N) is 4. The normalized spacial score (nSPS) is 10.5. The fraction of sp³-hybridized carbons (Fsp3) is 0.333. The van der Waals surface area contributed by atoms with Crippen molar-refractivity contribution in [1.82, 2.24) is 20.3 Å². The van der Waals surface area contributed by atoms with Gasteiger partial charge in [0.15, 0.2) is 5.82 Å². The highest BCUT2D eigenvalue weighted by atomic mass is 16.2.